The molecule has 3 heterocycles. The molecule has 0 radical (unpaired) electrons. The third kappa shape index (κ3) is 3.46. The summed E-state index contributed by atoms with van der Waals surface area (Å²) in [6, 6.07) is 11.2. The topological polar surface area (TPSA) is 97.1 Å². The second-order valence-corrected chi connectivity index (χ2v) is 9.08. The third-order valence-electron chi connectivity index (χ3n) is 5.26. The summed E-state index contributed by atoms with van der Waals surface area (Å²) in [5.74, 6) is -0.686. The number of halogens is 2. The summed E-state index contributed by atoms with van der Waals surface area (Å²) in [5, 5.41) is 8.26. The quantitative estimate of drug-likeness (QED) is 0.462. The fraction of sp³-hybridized carbons (Fsp3) is 0.200. The van der Waals surface area contributed by atoms with Gasteiger partial charge < -0.3 is 4.90 Å². The van der Waals surface area contributed by atoms with Crippen molar-refractivity contribution in [2.75, 3.05) is 31.1 Å². The van der Waals surface area contributed by atoms with Gasteiger partial charge in [-0.15, -0.1) is 5.10 Å². The van der Waals surface area contributed by atoms with Gasteiger partial charge in [-0.05, 0) is 30.3 Å². The first kappa shape index (κ1) is 20.4. The van der Waals surface area contributed by atoms with Crippen molar-refractivity contribution in [3.05, 3.63) is 66.5 Å². The zero-order valence-corrected chi connectivity index (χ0v) is 17.5. The molecule has 1 aliphatic rings. The molecule has 0 atom stereocenters. The number of piperazine rings is 1. The van der Waals surface area contributed by atoms with E-state index in [4.69, 9.17) is 0 Å². The van der Waals surface area contributed by atoms with Crippen molar-refractivity contribution >= 4 is 27.0 Å². The van der Waals surface area contributed by atoms with Crippen molar-refractivity contribution in [3.63, 3.8) is 0 Å². The highest BCUT2D eigenvalue weighted by molar-refractivity contribution is 7.89. The lowest BCUT2D eigenvalue weighted by Gasteiger charge is -2.34. The van der Waals surface area contributed by atoms with Crippen LogP contribution in [0.25, 0.3) is 16.9 Å². The fourth-order valence-electron chi connectivity index (χ4n) is 3.68. The van der Waals surface area contributed by atoms with E-state index in [9.17, 15) is 17.2 Å². The molecule has 1 fully saturated rings. The van der Waals surface area contributed by atoms with Gasteiger partial charge in [0.2, 0.25) is 10.0 Å². The van der Waals surface area contributed by atoms with Crippen LogP contribution in [0.1, 0.15) is 0 Å². The second kappa shape index (κ2) is 7.88. The van der Waals surface area contributed by atoms with E-state index >= 15 is 0 Å². The van der Waals surface area contributed by atoms with Crippen LogP contribution in [0.3, 0.4) is 0 Å². The predicted octanol–water partition coefficient (Wildman–Crippen LogP) is 2.00. The first-order valence-corrected chi connectivity index (χ1v) is 11.2. The normalized spacial score (nSPS) is 15.4. The third-order valence-corrected chi connectivity index (χ3v) is 7.20. The molecule has 1 aliphatic heterocycles. The molecule has 0 bridgehead atoms. The first-order chi connectivity index (χ1) is 15.4. The number of nitrogens with zero attached hydrogens (tertiary/aromatic N) is 7. The summed E-state index contributed by atoms with van der Waals surface area (Å²) in [4.78, 5) is 10.1. The summed E-state index contributed by atoms with van der Waals surface area (Å²) in [5.41, 5.74) is 1.29. The molecular formula is C20H17F2N7O2S. The zero-order valence-electron chi connectivity index (χ0n) is 16.6. The monoisotopic (exact) mass is 457 g/mol. The Morgan fingerprint density at radius 3 is 2.44 bits per heavy atom. The summed E-state index contributed by atoms with van der Waals surface area (Å²) < 4.78 is 56.0. The minimum absolute atomic E-state index is 0.153. The van der Waals surface area contributed by atoms with Gasteiger partial charge in [0.25, 0.3) is 0 Å². The Labute approximate surface area is 182 Å². The van der Waals surface area contributed by atoms with E-state index in [2.05, 4.69) is 20.3 Å². The Bertz CT molecular complexity index is 1400. The van der Waals surface area contributed by atoms with Crippen molar-refractivity contribution in [2.45, 2.75) is 4.90 Å². The molecule has 0 amide bonds. The molecule has 1 saturated heterocycles. The van der Waals surface area contributed by atoms with E-state index in [0.29, 0.717) is 35.8 Å². The van der Waals surface area contributed by atoms with E-state index < -0.39 is 21.7 Å². The second-order valence-electron chi connectivity index (χ2n) is 7.17. The molecule has 2 aromatic heterocycles. The number of hydrogen-bond donors (Lipinski definition) is 0. The molecule has 9 nitrogen and oxygen atoms in total. The van der Waals surface area contributed by atoms with E-state index in [-0.39, 0.29) is 18.0 Å². The van der Waals surface area contributed by atoms with E-state index in [1.165, 1.54) is 45.6 Å². The maximum atomic E-state index is 14.0. The lowest BCUT2D eigenvalue weighted by molar-refractivity contribution is 0.381. The van der Waals surface area contributed by atoms with Crippen LogP contribution in [0.2, 0.25) is 0 Å². The molecule has 5 rings (SSSR count). The molecule has 12 heteroatoms. The van der Waals surface area contributed by atoms with Crippen molar-refractivity contribution in [3.8, 4) is 5.69 Å². The fourth-order valence-corrected chi connectivity index (χ4v) is 5.17. The molecule has 0 aliphatic carbocycles. The maximum absolute atomic E-state index is 14.0. The highest BCUT2D eigenvalue weighted by atomic mass is 32.2. The molecule has 0 spiro atoms. The van der Waals surface area contributed by atoms with Crippen LogP contribution in [-0.2, 0) is 10.0 Å². The number of fused-ring (bicyclic) bond motifs is 1. The van der Waals surface area contributed by atoms with Crippen LogP contribution in [0.15, 0.2) is 59.8 Å². The molecule has 0 unspecified atom stereocenters. The SMILES string of the molecule is O=S(=O)(c1ccccc1F)N1CCN(c2ncnc3c2nnn3-c2cccc(F)c2)CC1. The average Bonchev–Trinajstić information content (AvgIpc) is 3.24. The van der Waals surface area contributed by atoms with Crippen LogP contribution < -0.4 is 4.90 Å². The molecule has 0 N–H and O–H groups in total. The molecule has 32 heavy (non-hydrogen) atoms. The number of anilines is 1. The summed E-state index contributed by atoms with van der Waals surface area (Å²) in [6.07, 6.45) is 1.36. The van der Waals surface area contributed by atoms with Crippen molar-refractivity contribution in [2.24, 2.45) is 0 Å². The standard InChI is InChI=1S/C20H17F2N7O2S/c21-14-4-3-5-15(12-14)29-20-18(25-26-29)19(23-13-24-20)27-8-10-28(11-9-27)32(30,31)17-7-2-1-6-16(17)22/h1-7,12-13H,8-11H2. The van der Waals surface area contributed by atoms with Gasteiger partial charge in [0, 0.05) is 26.2 Å². The van der Waals surface area contributed by atoms with Gasteiger partial charge in [0.15, 0.2) is 17.0 Å². The van der Waals surface area contributed by atoms with Crippen LogP contribution in [0.5, 0.6) is 0 Å². The van der Waals surface area contributed by atoms with Gasteiger partial charge >= 0.3 is 0 Å². The van der Waals surface area contributed by atoms with Crippen LogP contribution in [-0.4, -0.2) is 63.9 Å². The lowest BCUT2D eigenvalue weighted by atomic mass is 10.3. The Kier molecular flexibility index (Phi) is 5.02. The number of rotatable bonds is 4. The maximum Gasteiger partial charge on any atom is 0.246 e. The van der Waals surface area contributed by atoms with Gasteiger partial charge in [-0.2, -0.15) is 8.99 Å². The van der Waals surface area contributed by atoms with Crippen molar-refractivity contribution in [1.82, 2.24) is 29.3 Å². The average molecular weight is 457 g/mol. The smallest absolute Gasteiger partial charge is 0.246 e. The minimum Gasteiger partial charge on any atom is -0.352 e. The summed E-state index contributed by atoms with van der Waals surface area (Å²) in [7, 11) is -3.95. The number of benzene rings is 2. The Hall–Kier alpha value is -3.51. The molecule has 0 saturated carbocycles. The van der Waals surface area contributed by atoms with Crippen molar-refractivity contribution < 1.29 is 17.2 Å². The van der Waals surface area contributed by atoms with Gasteiger partial charge in [-0.3, -0.25) is 0 Å². The molecule has 4 aromatic rings. The molecule has 164 valence electrons. The van der Waals surface area contributed by atoms with Crippen LogP contribution in [0.4, 0.5) is 14.6 Å². The molecular weight excluding hydrogens is 440 g/mol. The predicted molar refractivity (Wildman–Crippen MR) is 112 cm³/mol. The lowest BCUT2D eigenvalue weighted by Crippen LogP contribution is -2.49. The van der Waals surface area contributed by atoms with Gasteiger partial charge in [0.05, 0.1) is 5.69 Å². The number of sulfonamides is 1. The summed E-state index contributed by atoms with van der Waals surface area (Å²) in [6.45, 7) is 0.958. The Morgan fingerprint density at radius 1 is 0.906 bits per heavy atom. The van der Waals surface area contributed by atoms with Gasteiger partial charge in [0.1, 0.15) is 22.9 Å². The van der Waals surface area contributed by atoms with E-state index in [1.54, 1.807) is 12.1 Å². The minimum atomic E-state index is -3.95. The highest BCUT2D eigenvalue weighted by Crippen LogP contribution is 2.26. The zero-order chi connectivity index (χ0) is 22.3. The summed E-state index contributed by atoms with van der Waals surface area (Å²) >= 11 is 0. The number of aromatic nitrogens is 5. The van der Waals surface area contributed by atoms with E-state index in [0.717, 1.165) is 6.07 Å². The van der Waals surface area contributed by atoms with Gasteiger partial charge in [-0.1, -0.05) is 23.4 Å². The van der Waals surface area contributed by atoms with Crippen LogP contribution >= 0.6 is 0 Å². The van der Waals surface area contributed by atoms with Crippen molar-refractivity contribution in [1.29, 1.82) is 0 Å². The molecule has 2 aromatic carbocycles. The van der Waals surface area contributed by atoms with Gasteiger partial charge in [-0.25, -0.2) is 27.2 Å². The van der Waals surface area contributed by atoms with Crippen LogP contribution in [0, 0.1) is 11.6 Å². The first-order valence-electron chi connectivity index (χ1n) is 9.77. The largest absolute Gasteiger partial charge is 0.352 e. The Balaban J connectivity index is 1.41. The Morgan fingerprint density at radius 2 is 1.69 bits per heavy atom. The highest BCUT2D eigenvalue weighted by Gasteiger charge is 2.31. The van der Waals surface area contributed by atoms with E-state index in [1.807, 2.05) is 4.90 Å². The number of hydrogen-bond acceptors (Lipinski definition) is 7.